The summed E-state index contributed by atoms with van der Waals surface area (Å²) in [5.41, 5.74) is -4.01. The van der Waals surface area contributed by atoms with Gasteiger partial charge in [0.05, 0.1) is 6.04 Å². The predicted octanol–water partition coefficient (Wildman–Crippen LogP) is 2.02. The van der Waals surface area contributed by atoms with Gasteiger partial charge < -0.3 is 45.6 Å². The summed E-state index contributed by atoms with van der Waals surface area (Å²) in [7, 11) is 0. The molecule has 2 heterocycles. The Balaban J connectivity index is 2.03. The van der Waals surface area contributed by atoms with Crippen molar-refractivity contribution in [3.8, 4) is 0 Å². The number of carbonyl (C=O) groups is 5. The molecular formula is C31H52N8O9S. The molecule has 0 spiro atoms. The van der Waals surface area contributed by atoms with Crippen molar-refractivity contribution >= 4 is 52.2 Å². The highest BCUT2D eigenvalue weighted by atomic mass is 32.1. The van der Waals surface area contributed by atoms with Crippen molar-refractivity contribution in [3.05, 3.63) is 11.1 Å². The van der Waals surface area contributed by atoms with Crippen molar-refractivity contribution < 1.29 is 43.0 Å². The molecule has 2 rings (SSSR count). The zero-order chi connectivity index (χ0) is 37.2. The second-order valence-electron chi connectivity index (χ2n) is 14.7. The number of anilines is 1. The molecule has 0 saturated carbocycles. The topological polar surface area (TPSA) is 220 Å². The third kappa shape index (κ3) is 15.4. The molecule has 0 aliphatic carbocycles. The summed E-state index contributed by atoms with van der Waals surface area (Å²) in [6.07, 6.45) is -1.23. The normalized spacial score (nSPS) is 16.9. The van der Waals surface area contributed by atoms with Crippen LogP contribution in [0.2, 0.25) is 0 Å². The van der Waals surface area contributed by atoms with Crippen LogP contribution < -0.4 is 31.9 Å². The molecule has 2 atom stereocenters. The van der Waals surface area contributed by atoms with Crippen molar-refractivity contribution in [2.24, 2.45) is 5.16 Å². The van der Waals surface area contributed by atoms with Crippen molar-refractivity contribution in [3.63, 3.8) is 0 Å². The number of nitrogens with zero attached hydrogens (tertiary/aromatic N) is 2. The molecule has 18 heteroatoms. The van der Waals surface area contributed by atoms with Crippen molar-refractivity contribution in [2.45, 2.75) is 111 Å². The number of rotatable bonds is 15. The summed E-state index contributed by atoms with van der Waals surface area (Å²) in [6, 6.07) is -1.32. The highest BCUT2D eigenvalue weighted by molar-refractivity contribution is 7.14. The molecule has 1 saturated heterocycles. The largest absolute Gasteiger partial charge is 0.457 e. The van der Waals surface area contributed by atoms with Gasteiger partial charge in [0.2, 0.25) is 11.5 Å². The second-order valence-corrected chi connectivity index (χ2v) is 15.5. The van der Waals surface area contributed by atoms with E-state index in [4.69, 9.17) is 19.0 Å². The van der Waals surface area contributed by atoms with Gasteiger partial charge in [-0.1, -0.05) is 5.16 Å². The number of carbonyl (C=O) groups excluding carboxylic acids is 5. The van der Waals surface area contributed by atoms with Crippen LogP contribution in [0.1, 0.15) is 81.9 Å². The molecule has 1 fully saturated rings. The van der Waals surface area contributed by atoms with Gasteiger partial charge in [-0.2, -0.15) is 0 Å². The van der Waals surface area contributed by atoms with Gasteiger partial charge in [0, 0.05) is 38.1 Å². The maximum Gasteiger partial charge on any atom is 0.413 e. The van der Waals surface area contributed by atoms with E-state index >= 15 is 0 Å². The SMILES string of the molecule is CC(C)(C)OC(=O)NCCNCCNC[C@@H]1NC(=O)[C@H]1NC(=O)C(=NOC(C)(C)C(=O)OC(C)(C)C)c1csc(NC(=O)OC(C)(C)C)n1. The number of thiazole rings is 1. The van der Waals surface area contributed by atoms with E-state index in [1.54, 1.807) is 62.3 Å². The number of esters is 1. The Hall–Kier alpha value is -4.03. The van der Waals surface area contributed by atoms with Crippen LogP contribution in [0.3, 0.4) is 0 Å². The van der Waals surface area contributed by atoms with Gasteiger partial charge in [-0.05, 0) is 76.2 Å². The first-order chi connectivity index (χ1) is 22.5. The van der Waals surface area contributed by atoms with E-state index in [2.05, 4.69) is 42.0 Å². The van der Waals surface area contributed by atoms with Crippen LogP contribution in [0.15, 0.2) is 10.5 Å². The quantitative estimate of drug-likeness (QED) is 0.0384. The fraction of sp³-hybridized carbons (Fsp3) is 0.710. The lowest BCUT2D eigenvalue weighted by Gasteiger charge is -2.37. The van der Waals surface area contributed by atoms with Crippen LogP contribution in [-0.4, -0.2) is 108 Å². The molecule has 0 aromatic carbocycles. The van der Waals surface area contributed by atoms with E-state index in [-0.39, 0.29) is 16.5 Å². The van der Waals surface area contributed by atoms with Gasteiger partial charge >= 0.3 is 18.2 Å². The summed E-state index contributed by atoms with van der Waals surface area (Å²) in [5, 5.41) is 22.5. The molecule has 0 radical (unpaired) electrons. The first kappa shape index (κ1) is 41.1. The zero-order valence-corrected chi connectivity index (χ0v) is 31.1. The lowest BCUT2D eigenvalue weighted by Crippen LogP contribution is -2.72. The Labute approximate surface area is 291 Å². The Morgan fingerprint density at radius 2 is 1.41 bits per heavy atom. The van der Waals surface area contributed by atoms with E-state index in [1.165, 1.54) is 19.2 Å². The van der Waals surface area contributed by atoms with E-state index in [0.29, 0.717) is 32.7 Å². The molecule has 17 nitrogen and oxygen atoms in total. The number of alkyl carbamates (subject to hydrolysis) is 1. The molecule has 276 valence electrons. The number of β-lactam (4-membered cyclic amide) rings is 1. The van der Waals surface area contributed by atoms with Crippen molar-refractivity contribution in [1.29, 1.82) is 0 Å². The summed E-state index contributed by atoms with van der Waals surface area (Å²) >= 11 is 1.01. The fourth-order valence-electron chi connectivity index (χ4n) is 3.75. The zero-order valence-electron chi connectivity index (χ0n) is 30.2. The molecule has 4 amide bonds. The third-order valence-electron chi connectivity index (χ3n) is 5.94. The maximum absolute atomic E-state index is 13.5. The average molecular weight is 713 g/mol. The number of aromatic nitrogens is 1. The average Bonchev–Trinajstić information content (AvgIpc) is 3.37. The minimum absolute atomic E-state index is 0.0233. The van der Waals surface area contributed by atoms with Crippen molar-refractivity contribution in [1.82, 2.24) is 31.6 Å². The van der Waals surface area contributed by atoms with E-state index in [9.17, 15) is 24.0 Å². The van der Waals surface area contributed by atoms with Crippen LogP contribution in [0.5, 0.6) is 0 Å². The predicted molar refractivity (Wildman–Crippen MR) is 183 cm³/mol. The Bertz CT molecular complexity index is 1360. The maximum atomic E-state index is 13.5. The standard InChI is InChI=1S/C31H52N8O9S/c1-28(2,3)45-24(42)31(10,11)48-39-21(19-17-49-25(36-19)38-27(44)47-30(7,8)9)23(41)37-20-18(35-22(20)40)16-33-13-12-32-14-15-34-26(43)46-29(4,5)6/h17-18,20,32-33H,12-16H2,1-11H3,(H,34,43)(H,35,40)(H,37,41)(H,36,38,44)/t18-,20-/m0/s1. The van der Waals surface area contributed by atoms with E-state index in [1.807, 2.05) is 0 Å². The van der Waals surface area contributed by atoms with E-state index < -0.39 is 64.5 Å². The van der Waals surface area contributed by atoms with Gasteiger partial charge in [-0.25, -0.2) is 19.4 Å². The fourth-order valence-corrected chi connectivity index (χ4v) is 4.43. The number of amides is 4. The lowest BCUT2D eigenvalue weighted by atomic mass is 9.98. The summed E-state index contributed by atoms with van der Waals surface area (Å²) in [6.45, 7) is 20.9. The highest BCUT2D eigenvalue weighted by Crippen LogP contribution is 2.21. The van der Waals surface area contributed by atoms with Crippen LogP contribution in [0.25, 0.3) is 0 Å². The molecule has 1 aromatic rings. The Morgan fingerprint density at radius 3 is 2.00 bits per heavy atom. The molecule has 1 aliphatic heterocycles. The number of oxime groups is 1. The minimum atomic E-state index is -1.59. The Kier molecular flexibility index (Phi) is 14.3. The lowest BCUT2D eigenvalue weighted by molar-refractivity contribution is -0.179. The Morgan fingerprint density at radius 1 is 0.837 bits per heavy atom. The number of nitrogens with one attached hydrogen (secondary N) is 6. The molecule has 6 N–H and O–H groups in total. The first-order valence-corrected chi connectivity index (χ1v) is 16.8. The molecular weight excluding hydrogens is 660 g/mol. The van der Waals surface area contributed by atoms with Crippen LogP contribution in [0, 0.1) is 0 Å². The van der Waals surface area contributed by atoms with Crippen molar-refractivity contribution in [2.75, 3.05) is 38.0 Å². The summed E-state index contributed by atoms with van der Waals surface area (Å²) in [5.74, 6) is -1.91. The van der Waals surface area contributed by atoms with Gasteiger partial charge in [-0.3, -0.25) is 14.9 Å². The molecule has 0 bridgehead atoms. The smallest absolute Gasteiger partial charge is 0.413 e. The molecule has 49 heavy (non-hydrogen) atoms. The van der Waals surface area contributed by atoms with Gasteiger partial charge in [0.15, 0.2) is 10.8 Å². The van der Waals surface area contributed by atoms with Crippen LogP contribution >= 0.6 is 11.3 Å². The number of hydrogen-bond acceptors (Lipinski definition) is 14. The minimum Gasteiger partial charge on any atom is -0.457 e. The summed E-state index contributed by atoms with van der Waals surface area (Å²) in [4.78, 5) is 72.5. The highest BCUT2D eigenvalue weighted by Gasteiger charge is 2.41. The molecule has 0 unspecified atom stereocenters. The van der Waals surface area contributed by atoms with Crippen LogP contribution in [0.4, 0.5) is 14.7 Å². The van der Waals surface area contributed by atoms with E-state index in [0.717, 1.165) is 11.3 Å². The second kappa shape index (κ2) is 17.1. The monoisotopic (exact) mass is 712 g/mol. The number of hydrogen-bond donors (Lipinski definition) is 6. The van der Waals surface area contributed by atoms with Gasteiger partial charge in [-0.15, -0.1) is 11.3 Å². The molecule has 1 aliphatic rings. The first-order valence-electron chi connectivity index (χ1n) is 15.9. The number of ether oxygens (including phenoxy) is 3. The molecule has 1 aromatic heterocycles. The van der Waals surface area contributed by atoms with Gasteiger partial charge in [0.1, 0.15) is 28.5 Å². The summed E-state index contributed by atoms with van der Waals surface area (Å²) < 4.78 is 15.9. The van der Waals surface area contributed by atoms with Crippen LogP contribution in [-0.2, 0) is 33.4 Å². The third-order valence-corrected chi connectivity index (χ3v) is 6.69. The van der Waals surface area contributed by atoms with Gasteiger partial charge in [0.25, 0.3) is 5.91 Å².